The Labute approximate surface area is 162 Å². The van der Waals surface area contributed by atoms with E-state index in [4.69, 9.17) is 0 Å². The topological polar surface area (TPSA) is 104 Å². The first-order valence-electron chi connectivity index (χ1n) is 9.22. The van der Waals surface area contributed by atoms with Crippen LogP contribution < -0.4 is 15.4 Å². The number of sulfonamides is 1. The van der Waals surface area contributed by atoms with E-state index in [1.807, 2.05) is 20.8 Å². The second-order valence-corrected chi connectivity index (χ2v) is 9.47. The SMILES string of the molecule is Cc1cc(C(=O)NC(C)C)ccc1NC(=O)CCCCNS(=O)(=O)C(C)C. The number of carbonyl (C=O) groups excluding carboxylic acids is 2. The number of aryl methyl sites for hydroxylation is 1. The molecule has 0 unspecified atom stereocenters. The van der Waals surface area contributed by atoms with Crippen LogP contribution in [0.15, 0.2) is 18.2 Å². The van der Waals surface area contributed by atoms with E-state index in [1.165, 1.54) is 0 Å². The van der Waals surface area contributed by atoms with Crippen LogP contribution in [0.1, 0.15) is 62.9 Å². The molecule has 0 saturated carbocycles. The van der Waals surface area contributed by atoms with Crippen LogP contribution in [-0.2, 0) is 14.8 Å². The molecule has 0 atom stereocenters. The molecule has 0 spiro atoms. The molecule has 7 nitrogen and oxygen atoms in total. The average molecular weight is 398 g/mol. The van der Waals surface area contributed by atoms with Crippen LogP contribution in [0.25, 0.3) is 0 Å². The van der Waals surface area contributed by atoms with Crippen molar-refractivity contribution in [2.45, 2.75) is 65.2 Å². The van der Waals surface area contributed by atoms with Gasteiger partial charge in [-0.1, -0.05) is 0 Å². The highest BCUT2D eigenvalue weighted by Crippen LogP contribution is 2.17. The van der Waals surface area contributed by atoms with Gasteiger partial charge in [0.2, 0.25) is 15.9 Å². The number of benzene rings is 1. The van der Waals surface area contributed by atoms with Gasteiger partial charge in [-0.2, -0.15) is 0 Å². The lowest BCUT2D eigenvalue weighted by Crippen LogP contribution is -2.31. The van der Waals surface area contributed by atoms with Crippen LogP contribution in [0, 0.1) is 6.92 Å². The summed E-state index contributed by atoms with van der Waals surface area (Å²) in [6.07, 6.45) is 1.48. The quantitative estimate of drug-likeness (QED) is 0.528. The highest BCUT2D eigenvalue weighted by molar-refractivity contribution is 7.90. The molecular formula is C19H31N3O4S. The van der Waals surface area contributed by atoms with Crippen molar-refractivity contribution in [1.82, 2.24) is 10.0 Å². The molecule has 0 bridgehead atoms. The molecule has 0 saturated heterocycles. The van der Waals surface area contributed by atoms with E-state index in [2.05, 4.69) is 15.4 Å². The Morgan fingerprint density at radius 1 is 1.07 bits per heavy atom. The summed E-state index contributed by atoms with van der Waals surface area (Å²) in [5.74, 6) is -0.279. The van der Waals surface area contributed by atoms with E-state index in [0.717, 1.165) is 5.56 Å². The van der Waals surface area contributed by atoms with E-state index < -0.39 is 15.3 Å². The van der Waals surface area contributed by atoms with Gasteiger partial charge in [-0.05, 0) is 71.2 Å². The summed E-state index contributed by atoms with van der Waals surface area (Å²) < 4.78 is 25.8. The number of amides is 2. The molecule has 1 aromatic carbocycles. The molecule has 3 N–H and O–H groups in total. The van der Waals surface area contributed by atoms with Gasteiger partial charge in [-0.25, -0.2) is 13.1 Å². The predicted octanol–water partition coefficient (Wildman–Crippen LogP) is 2.57. The Kier molecular flexibility index (Phi) is 8.92. The predicted molar refractivity (Wildman–Crippen MR) is 108 cm³/mol. The molecule has 1 rings (SSSR count). The fourth-order valence-corrected chi connectivity index (χ4v) is 3.06. The van der Waals surface area contributed by atoms with Crippen molar-refractivity contribution in [3.63, 3.8) is 0 Å². The van der Waals surface area contributed by atoms with Gasteiger partial charge in [0.25, 0.3) is 5.91 Å². The number of rotatable bonds is 10. The van der Waals surface area contributed by atoms with Crippen LogP contribution in [0.2, 0.25) is 0 Å². The Morgan fingerprint density at radius 2 is 1.74 bits per heavy atom. The number of hydrogen-bond acceptors (Lipinski definition) is 4. The molecule has 27 heavy (non-hydrogen) atoms. The number of nitrogens with one attached hydrogen (secondary N) is 3. The average Bonchev–Trinajstić information content (AvgIpc) is 2.55. The summed E-state index contributed by atoms with van der Waals surface area (Å²) in [4.78, 5) is 24.1. The van der Waals surface area contributed by atoms with Gasteiger partial charge >= 0.3 is 0 Å². The summed E-state index contributed by atoms with van der Waals surface area (Å²) in [5.41, 5.74) is 2.03. The summed E-state index contributed by atoms with van der Waals surface area (Å²) in [5, 5.41) is 5.20. The molecule has 0 aromatic heterocycles. The summed E-state index contributed by atoms with van der Waals surface area (Å²) in [6, 6.07) is 5.20. The largest absolute Gasteiger partial charge is 0.350 e. The van der Waals surface area contributed by atoms with Gasteiger partial charge in [-0.3, -0.25) is 9.59 Å². The van der Waals surface area contributed by atoms with Gasteiger partial charge < -0.3 is 10.6 Å². The van der Waals surface area contributed by atoms with Gasteiger partial charge in [0.05, 0.1) is 5.25 Å². The van der Waals surface area contributed by atoms with Crippen LogP contribution in [0.4, 0.5) is 5.69 Å². The lowest BCUT2D eigenvalue weighted by molar-refractivity contribution is -0.116. The summed E-state index contributed by atoms with van der Waals surface area (Å²) >= 11 is 0. The minimum absolute atomic E-state index is 0.0576. The number of unbranched alkanes of at least 4 members (excludes halogenated alkanes) is 1. The Balaban J connectivity index is 2.45. The van der Waals surface area contributed by atoms with Gasteiger partial charge in [0, 0.05) is 30.3 Å². The molecule has 0 heterocycles. The van der Waals surface area contributed by atoms with Crippen molar-refractivity contribution in [2.75, 3.05) is 11.9 Å². The fourth-order valence-electron chi connectivity index (χ4n) is 2.30. The molecule has 1 aromatic rings. The Morgan fingerprint density at radius 3 is 2.30 bits per heavy atom. The van der Waals surface area contributed by atoms with Crippen LogP contribution >= 0.6 is 0 Å². The maximum absolute atomic E-state index is 12.1. The third-order valence-electron chi connectivity index (χ3n) is 3.94. The molecular weight excluding hydrogens is 366 g/mol. The van der Waals surface area contributed by atoms with E-state index in [1.54, 1.807) is 32.0 Å². The zero-order valence-corrected chi connectivity index (χ0v) is 17.6. The van der Waals surface area contributed by atoms with Gasteiger partial charge in [0.15, 0.2) is 0 Å². The highest BCUT2D eigenvalue weighted by Gasteiger charge is 2.14. The number of carbonyl (C=O) groups is 2. The Bertz CT molecular complexity index is 758. The van der Waals surface area contributed by atoms with Crippen molar-refractivity contribution in [1.29, 1.82) is 0 Å². The molecule has 0 aliphatic heterocycles. The van der Waals surface area contributed by atoms with E-state index >= 15 is 0 Å². The maximum Gasteiger partial charge on any atom is 0.251 e. The van der Waals surface area contributed by atoms with Crippen molar-refractivity contribution in [3.8, 4) is 0 Å². The zero-order valence-electron chi connectivity index (χ0n) is 16.8. The summed E-state index contributed by atoms with van der Waals surface area (Å²) in [6.45, 7) is 9.20. The number of anilines is 1. The van der Waals surface area contributed by atoms with Crippen LogP contribution in [0.3, 0.4) is 0 Å². The second kappa shape index (κ2) is 10.4. The van der Waals surface area contributed by atoms with Gasteiger partial charge in [-0.15, -0.1) is 0 Å². The first-order valence-corrected chi connectivity index (χ1v) is 10.8. The fraction of sp³-hybridized carbons (Fsp3) is 0.579. The first-order chi connectivity index (χ1) is 12.5. The van der Waals surface area contributed by atoms with Crippen LogP contribution in [0.5, 0.6) is 0 Å². The molecule has 0 fully saturated rings. The minimum atomic E-state index is -3.26. The smallest absolute Gasteiger partial charge is 0.251 e. The van der Waals surface area contributed by atoms with E-state index in [0.29, 0.717) is 37.1 Å². The Hall–Kier alpha value is -1.93. The lowest BCUT2D eigenvalue weighted by Gasteiger charge is -2.12. The highest BCUT2D eigenvalue weighted by atomic mass is 32.2. The normalized spacial score (nSPS) is 11.7. The van der Waals surface area contributed by atoms with Crippen LogP contribution in [-0.4, -0.2) is 38.1 Å². The van der Waals surface area contributed by atoms with Crippen molar-refractivity contribution >= 4 is 27.5 Å². The molecule has 152 valence electrons. The molecule has 0 aliphatic rings. The molecule has 0 radical (unpaired) electrons. The standard InChI is InChI=1S/C19H31N3O4S/c1-13(2)21-19(24)16-9-10-17(15(5)12-16)22-18(23)8-6-7-11-20-27(25,26)14(3)4/h9-10,12-14,20H,6-8,11H2,1-5H3,(H,21,24)(H,22,23). The van der Waals surface area contributed by atoms with Crippen molar-refractivity contribution in [3.05, 3.63) is 29.3 Å². The first kappa shape index (κ1) is 23.1. The second-order valence-electron chi connectivity index (χ2n) is 7.15. The maximum atomic E-state index is 12.1. The number of hydrogen-bond donors (Lipinski definition) is 3. The summed E-state index contributed by atoms with van der Waals surface area (Å²) in [7, 11) is -3.26. The molecule has 2 amide bonds. The van der Waals surface area contributed by atoms with E-state index in [9.17, 15) is 18.0 Å². The molecule has 0 aliphatic carbocycles. The third kappa shape index (κ3) is 8.09. The van der Waals surface area contributed by atoms with Gasteiger partial charge in [0.1, 0.15) is 0 Å². The monoisotopic (exact) mass is 397 g/mol. The van der Waals surface area contributed by atoms with Crippen molar-refractivity contribution in [2.24, 2.45) is 0 Å². The lowest BCUT2D eigenvalue weighted by atomic mass is 10.1. The minimum Gasteiger partial charge on any atom is -0.350 e. The molecule has 8 heteroatoms. The zero-order chi connectivity index (χ0) is 20.6. The van der Waals surface area contributed by atoms with Crippen molar-refractivity contribution < 1.29 is 18.0 Å². The third-order valence-corrected chi connectivity index (χ3v) is 5.78. The van der Waals surface area contributed by atoms with E-state index in [-0.39, 0.29) is 17.9 Å².